The number of halogens is 2. The molecule has 0 aromatic heterocycles. The number of hydrogen-bond acceptors (Lipinski definition) is 4. The molecule has 8 heteroatoms. The fourth-order valence-corrected chi connectivity index (χ4v) is 4.74. The molecule has 0 radical (unpaired) electrons. The van der Waals surface area contributed by atoms with E-state index in [2.05, 4.69) is 0 Å². The molecule has 0 bridgehead atoms. The van der Waals surface area contributed by atoms with Crippen LogP contribution in [0.5, 0.6) is 5.75 Å². The predicted octanol–water partition coefficient (Wildman–Crippen LogP) is 4.26. The lowest BCUT2D eigenvalue weighted by Gasteiger charge is -2.19. The van der Waals surface area contributed by atoms with Crippen molar-refractivity contribution in [3.05, 3.63) is 95.1 Å². The van der Waals surface area contributed by atoms with Crippen molar-refractivity contribution in [2.45, 2.75) is 24.7 Å². The summed E-state index contributed by atoms with van der Waals surface area (Å²) in [6.07, 6.45) is 0. The molecule has 0 atom stereocenters. The lowest BCUT2D eigenvalue weighted by Crippen LogP contribution is -2.32. The van der Waals surface area contributed by atoms with Gasteiger partial charge in [0, 0.05) is 18.7 Å². The monoisotopic (exact) mass is 445 g/mol. The van der Waals surface area contributed by atoms with E-state index in [0.717, 1.165) is 28.8 Å². The Labute approximate surface area is 179 Å². The SMILES string of the molecule is O=S(=O)(c1ccc(F)cc1)N1CCOc2ccc(COCc3ccc(F)cc3)cc2C1. The minimum atomic E-state index is -3.79. The minimum Gasteiger partial charge on any atom is -0.492 e. The van der Waals surface area contributed by atoms with Crippen LogP contribution in [-0.4, -0.2) is 25.9 Å². The van der Waals surface area contributed by atoms with Crippen molar-refractivity contribution in [2.24, 2.45) is 0 Å². The Balaban J connectivity index is 1.47. The van der Waals surface area contributed by atoms with Crippen molar-refractivity contribution >= 4 is 10.0 Å². The number of hydrogen-bond donors (Lipinski definition) is 0. The van der Waals surface area contributed by atoms with Gasteiger partial charge in [0.1, 0.15) is 24.0 Å². The van der Waals surface area contributed by atoms with Gasteiger partial charge in [-0.2, -0.15) is 4.31 Å². The Morgan fingerprint density at radius 2 is 1.48 bits per heavy atom. The van der Waals surface area contributed by atoms with Crippen LogP contribution in [0.4, 0.5) is 8.78 Å². The molecule has 0 spiro atoms. The number of rotatable bonds is 6. The molecule has 3 aromatic rings. The van der Waals surface area contributed by atoms with Gasteiger partial charge in [-0.1, -0.05) is 18.2 Å². The highest BCUT2D eigenvalue weighted by molar-refractivity contribution is 7.89. The van der Waals surface area contributed by atoms with Crippen LogP contribution >= 0.6 is 0 Å². The second kappa shape index (κ2) is 9.13. The maximum absolute atomic E-state index is 13.2. The molecule has 0 saturated carbocycles. The highest BCUT2D eigenvalue weighted by Crippen LogP contribution is 2.28. The normalized spacial score (nSPS) is 14.5. The molecule has 0 saturated heterocycles. The third-order valence-electron chi connectivity index (χ3n) is 4.97. The van der Waals surface area contributed by atoms with Crippen LogP contribution in [0.15, 0.2) is 71.6 Å². The standard InChI is InChI=1S/C23H21F2NO4S/c24-20-4-1-17(2-5-20)15-29-16-18-3-10-23-19(13-18)14-26(11-12-30-23)31(27,28)22-8-6-21(25)7-9-22/h1-10,13H,11-12,14-16H2. The molecular formula is C23H21F2NO4S. The molecule has 0 amide bonds. The first kappa shape index (κ1) is 21.4. The van der Waals surface area contributed by atoms with Gasteiger partial charge in [-0.05, 0) is 59.7 Å². The minimum absolute atomic E-state index is 0.0381. The van der Waals surface area contributed by atoms with Crippen molar-refractivity contribution in [3.8, 4) is 5.75 Å². The number of benzene rings is 3. The first-order chi connectivity index (χ1) is 14.9. The molecular weight excluding hydrogens is 424 g/mol. The van der Waals surface area contributed by atoms with E-state index in [1.165, 1.54) is 28.6 Å². The summed E-state index contributed by atoms with van der Waals surface area (Å²) in [6, 6.07) is 16.4. The van der Waals surface area contributed by atoms with Gasteiger partial charge in [-0.15, -0.1) is 0 Å². The Kier molecular flexibility index (Phi) is 6.31. The van der Waals surface area contributed by atoms with Crippen LogP contribution < -0.4 is 4.74 Å². The fourth-order valence-electron chi connectivity index (χ4n) is 3.34. The van der Waals surface area contributed by atoms with Crippen molar-refractivity contribution in [1.82, 2.24) is 4.31 Å². The van der Waals surface area contributed by atoms with Crippen molar-refractivity contribution in [1.29, 1.82) is 0 Å². The maximum atomic E-state index is 13.2. The molecule has 1 aliphatic heterocycles. The quantitative estimate of drug-likeness (QED) is 0.569. The van der Waals surface area contributed by atoms with E-state index in [4.69, 9.17) is 9.47 Å². The van der Waals surface area contributed by atoms with Gasteiger partial charge in [0.15, 0.2) is 0 Å². The van der Waals surface area contributed by atoms with Crippen LogP contribution in [-0.2, 0) is 34.5 Å². The average molecular weight is 445 g/mol. The molecule has 31 heavy (non-hydrogen) atoms. The van der Waals surface area contributed by atoms with Crippen LogP contribution in [0.2, 0.25) is 0 Å². The Hall–Kier alpha value is -2.81. The van der Waals surface area contributed by atoms with Gasteiger partial charge >= 0.3 is 0 Å². The Morgan fingerprint density at radius 1 is 0.871 bits per heavy atom. The molecule has 0 fully saturated rings. The van der Waals surface area contributed by atoms with Gasteiger partial charge in [0.05, 0.1) is 18.1 Å². The van der Waals surface area contributed by atoms with E-state index < -0.39 is 15.8 Å². The zero-order valence-electron chi connectivity index (χ0n) is 16.6. The third-order valence-corrected chi connectivity index (χ3v) is 6.83. The van der Waals surface area contributed by atoms with Crippen molar-refractivity contribution in [2.75, 3.05) is 13.2 Å². The number of ether oxygens (including phenoxy) is 2. The van der Waals surface area contributed by atoms with Gasteiger partial charge < -0.3 is 9.47 Å². The van der Waals surface area contributed by atoms with Crippen LogP contribution in [0.1, 0.15) is 16.7 Å². The van der Waals surface area contributed by atoms with Crippen LogP contribution in [0, 0.1) is 11.6 Å². The molecule has 3 aromatic carbocycles. The molecule has 162 valence electrons. The molecule has 1 aliphatic rings. The molecule has 0 aliphatic carbocycles. The largest absolute Gasteiger partial charge is 0.492 e. The van der Waals surface area contributed by atoms with Gasteiger partial charge in [0.2, 0.25) is 10.0 Å². The Morgan fingerprint density at radius 3 is 2.19 bits per heavy atom. The van der Waals surface area contributed by atoms with E-state index in [9.17, 15) is 17.2 Å². The van der Waals surface area contributed by atoms with Gasteiger partial charge in [-0.3, -0.25) is 0 Å². The summed E-state index contributed by atoms with van der Waals surface area (Å²) < 4.78 is 64.9. The van der Waals surface area contributed by atoms with Crippen molar-refractivity contribution < 1.29 is 26.7 Å². The smallest absolute Gasteiger partial charge is 0.243 e. The summed E-state index contributed by atoms with van der Waals surface area (Å²) in [6.45, 7) is 1.19. The van der Waals surface area contributed by atoms with E-state index in [0.29, 0.717) is 19.0 Å². The summed E-state index contributed by atoms with van der Waals surface area (Å²) >= 11 is 0. The second-order valence-electron chi connectivity index (χ2n) is 7.20. The lowest BCUT2D eigenvalue weighted by molar-refractivity contribution is 0.107. The maximum Gasteiger partial charge on any atom is 0.243 e. The third kappa shape index (κ3) is 5.10. The lowest BCUT2D eigenvalue weighted by atomic mass is 10.1. The zero-order valence-corrected chi connectivity index (χ0v) is 17.4. The number of sulfonamides is 1. The molecule has 4 rings (SSSR count). The number of fused-ring (bicyclic) bond motifs is 1. The second-order valence-corrected chi connectivity index (χ2v) is 9.14. The van der Waals surface area contributed by atoms with Gasteiger partial charge in [0.25, 0.3) is 0 Å². The number of nitrogens with zero attached hydrogens (tertiary/aromatic N) is 1. The summed E-state index contributed by atoms with van der Waals surface area (Å²) in [5.41, 5.74) is 2.45. The van der Waals surface area contributed by atoms with Crippen LogP contribution in [0.25, 0.3) is 0 Å². The molecule has 1 heterocycles. The summed E-state index contributed by atoms with van der Waals surface area (Å²) in [5, 5.41) is 0. The highest BCUT2D eigenvalue weighted by atomic mass is 32.2. The predicted molar refractivity (Wildman–Crippen MR) is 111 cm³/mol. The van der Waals surface area contributed by atoms with Crippen molar-refractivity contribution in [3.63, 3.8) is 0 Å². The van der Waals surface area contributed by atoms with E-state index in [-0.39, 0.29) is 30.4 Å². The first-order valence-corrected chi connectivity index (χ1v) is 11.2. The average Bonchev–Trinajstić information content (AvgIpc) is 2.98. The summed E-state index contributed by atoms with van der Waals surface area (Å²) in [7, 11) is -3.79. The highest BCUT2D eigenvalue weighted by Gasteiger charge is 2.27. The van der Waals surface area contributed by atoms with Crippen LogP contribution in [0.3, 0.4) is 0 Å². The molecule has 0 unspecified atom stereocenters. The summed E-state index contributed by atoms with van der Waals surface area (Å²) in [4.78, 5) is 0.0381. The fraction of sp³-hybridized carbons (Fsp3) is 0.217. The van der Waals surface area contributed by atoms with E-state index in [1.54, 1.807) is 18.2 Å². The topological polar surface area (TPSA) is 55.8 Å². The molecule has 0 N–H and O–H groups in total. The zero-order chi connectivity index (χ0) is 21.8. The van der Waals surface area contributed by atoms with Gasteiger partial charge in [-0.25, -0.2) is 17.2 Å². The first-order valence-electron chi connectivity index (χ1n) is 9.74. The van der Waals surface area contributed by atoms with E-state index in [1.807, 2.05) is 12.1 Å². The Bertz CT molecular complexity index is 1150. The summed E-state index contributed by atoms with van der Waals surface area (Å²) in [5.74, 6) is -0.164. The molecule has 5 nitrogen and oxygen atoms in total. The van der Waals surface area contributed by atoms with E-state index >= 15 is 0 Å².